The maximum absolute atomic E-state index is 11.9. The van der Waals surface area contributed by atoms with Crippen molar-refractivity contribution in [2.75, 3.05) is 5.32 Å². The second kappa shape index (κ2) is 5.30. The third-order valence-electron chi connectivity index (χ3n) is 2.55. The van der Waals surface area contributed by atoms with Crippen LogP contribution in [0.2, 0.25) is 0 Å². The Hall–Kier alpha value is -2.69. The summed E-state index contributed by atoms with van der Waals surface area (Å²) in [5, 5.41) is 11.4. The molecule has 0 fully saturated rings. The van der Waals surface area contributed by atoms with Crippen LogP contribution in [0.1, 0.15) is 26.4 Å². The third-order valence-corrected chi connectivity index (χ3v) is 2.55. The second-order valence-electron chi connectivity index (χ2n) is 4.06. The number of hydrogen-bond donors (Lipinski definition) is 2. The predicted molar refractivity (Wildman–Crippen MR) is 70.3 cm³/mol. The van der Waals surface area contributed by atoms with Crippen LogP contribution in [0.25, 0.3) is 0 Å². The van der Waals surface area contributed by atoms with Gasteiger partial charge in [0, 0.05) is 11.9 Å². The largest absolute Gasteiger partial charge is 0.478 e. The van der Waals surface area contributed by atoms with Crippen LogP contribution in [0.15, 0.2) is 42.6 Å². The van der Waals surface area contributed by atoms with E-state index in [1.165, 1.54) is 12.1 Å². The minimum absolute atomic E-state index is 0.0480. The topological polar surface area (TPSA) is 79.3 Å². The standard InChI is InChI=1S/C14H12N2O3/c1-9-2-5-11(6-3-9)16-13(17)12-7-4-10(8-15-12)14(18)19/h2-8H,1H3,(H,16,17)(H,18,19). The highest BCUT2D eigenvalue weighted by Gasteiger charge is 2.09. The molecule has 0 spiro atoms. The van der Waals surface area contributed by atoms with Gasteiger partial charge < -0.3 is 10.4 Å². The highest BCUT2D eigenvalue weighted by molar-refractivity contribution is 6.03. The van der Waals surface area contributed by atoms with Gasteiger partial charge in [-0.3, -0.25) is 9.78 Å². The zero-order valence-electron chi connectivity index (χ0n) is 10.3. The maximum Gasteiger partial charge on any atom is 0.337 e. The van der Waals surface area contributed by atoms with Crippen LogP contribution < -0.4 is 5.32 Å². The molecule has 0 aliphatic heterocycles. The number of aromatic nitrogens is 1. The molecule has 5 nitrogen and oxygen atoms in total. The molecule has 0 atom stereocenters. The molecule has 0 unspecified atom stereocenters. The van der Waals surface area contributed by atoms with Crippen molar-refractivity contribution in [3.05, 3.63) is 59.4 Å². The van der Waals surface area contributed by atoms with E-state index in [4.69, 9.17) is 5.11 Å². The Labute approximate surface area is 109 Å². The van der Waals surface area contributed by atoms with Gasteiger partial charge in [-0.15, -0.1) is 0 Å². The summed E-state index contributed by atoms with van der Waals surface area (Å²) < 4.78 is 0. The molecule has 1 aromatic heterocycles. The van der Waals surface area contributed by atoms with E-state index >= 15 is 0 Å². The average molecular weight is 256 g/mol. The summed E-state index contributed by atoms with van der Waals surface area (Å²) in [4.78, 5) is 26.3. The molecular weight excluding hydrogens is 244 g/mol. The summed E-state index contributed by atoms with van der Waals surface area (Å²) in [6, 6.07) is 10.1. The molecule has 1 amide bonds. The van der Waals surface area contributed by atoms with Gasteiger partial charge in [0.1, 0.15) is 5.69 Å². The van der Waals surface area contributed by atoms with E-state index in [9.17, 15) is 9.59 Å². The minimum atomic E-state index is -1.07. The number of nitrogens with zero attached hydrogens (tertiary/aromatic N) is 1. The highest BCUT2D eigenvalue weighted by atomic mass is 16.4. The number of carboxylic acids is 1. The fraction of sp³-hybridized carbons (Fsp3) is 0.0714. The lowest BCUT2D eigenvalue weighted by Crippen LogP contribution is -2.14. The van der Waals surface area contributed by atoms with Crippen molar-refractivity contribution in [1.29, 1.82) is 0 Å². The van der Waals surface area contributed by atoms with E-state index < -0.39 is 5.97 Å². The van der Waals surface area contributed by atoms with Gasteiger partial charge in [0.2, 0.25) is 0 Å². The quantitative estimate of drug-likeness (QED) is 0.883. The van der Waals surface area contributed by atoms with E-state index in [0.717, 1.165) is 11.8 Å². The molecular formula is C14H12N2O3. The van der Waals surface area contributed by atoms with Crippen LogP contribution >= 0.6 is 0 Å². The number of pyridine rings is 1. The van der Waals surface area contributed by atoms with Gasteiger partial charge in [0.15, 0.2) is 0 Å². The number of aryl methyl sites for hydroxylation is 1. The SMILES string of the molecule is Cc1ccc(NC(=O)c2ccc(C(=O)O)cn2)cc1. The van der Waals surface area contributed by atoms with Crippen molar-refractivity contribution in [2.45, 2.75) is 6.92 Å². The zero-order chi connectivity index (χ0) is 13.8. The van der Waals surface area contributed by atoms with Gasteiger partial charge in [-0.05, 0) is 31.2 Å². The van der Waals surface area contributed by atoms with Crippen LogP contribution in [0, 0.1) is 6.92 Å². The molecule has 0 radical (unpaired) electrons. The third kappa shape index (κ3) is 3.16. The first kappa shape index (κ1) is 12.8. The van der Waals surface area contributed by atoms with E-state index in [1.54, 1.807) is 12.1 Å². The zero-order valence-corrected chi connectivity index (χ0v) is 10.3. The minimum Gasteiger partial charge on any atom is -0.478 e. The highest BCUT2D eigenvalue weighted by Crippen LogP contribution is 2.10. The maximum atomic E-state index is 11.9. The van der Waals surface area contributed by atoms with Crippen molar-refractivity contribution >= 4 is 17.6 Å². The fourth-order valence-electron chi connectivity index (χ4n) is 1.49. The summed E-state index contributed by atoms with van der Waals surface area (Å²) >= 11 is 0. The lowest BCUT2D eigenvalue weighted by Gasteiger charge is -2.05. The number of carboxylic acid groups (broad SMARTS) is 1. The summed E-state index contributed by atoms with van der Waals surface area (Å²) in [6.07, 6.45) is 1.16. The molecule has 0 aliphatic rings. The number of carbonyl (C=O) groups is 2. The number of carbonyl (C=O) groups excluding carboxylic acids is 1. The van der Waals surface area contributed by atoms with E-state index in [2.05, 4.69) is 10.3 Å². The Morgan fingerprint density at radius 3 is 2.32 bits per heavy atom. The van der Waals surface area contributed by atoms with Crippen LogP contribution in [0.5, 0.6) is 0 Å². The number of amides is 1. The van der Waals surface area contributed by atoms with Crippen LogP contribution in [0.4, 0.5) is 5.69 Å². The Kier molecular flexibility index (Phi) is 3.56. The number of rotatable bonds is 3. The lowest BCUT2D eigenvalue weighted by atomic mass is 10.2. The van der Waals surface area contributed by atoms with Crippen LogP contribution in [-0.4, -0.2) is 22.0 Å². The van der Waals surface area contributed by atoms with Crippen molar-refractivity contribution in [2.24, 2.45) is 0 Å². The molecule has 2 N–H and O–H groups in total. The van der Waals surface area contributed by atoms with Gasteiger partial charge in [-0.1, -0.05) is 17.7 Å². The number of anilines is 1. The van der Waals surface area contributed by atoms with Crippen molar-refractivity contribution in [3.63, 3.8) is 0 Å². The Morgan fingerprint density at radius 1 is 1.11 bits per heavy atom. The summed E-state index contributed by atoms with van der Waals surface area (Å²) in [7, 11) is 0. The Balaban J connectivity index is 2.11. The molecule has 5 heteroatoms. The number of nitrogens with one attached hydrogen (secondary N) is 1. The summed E-state index contributed by atoms with van der Waals surface area (Å²) in [5.74, 6) is -1.45. The predicted octanol–water partition coefficient (Wildman–Crippen LogP) is 2.34. The van der Waals surface area contributed by atoms with E-state index in [-0.39, 0.29) is 17.2 Å². The van der Waals surface area contributed by atoms with Gasteiger partial charge in [-0.25, -0.2) is 4.79 Å². The van der Waals surface area contributed by atoms with Gasteiger partial charge in [0.25, 0.3) is 5.91 Å². The molecule has 0 bridgehead atoms. The van der Waals surface area contributed by atoms with Crippen molar-refractivity contribution in [1.82, 2.24) is 4.98 Å². The normalized spacial score (nSPS) is 9.95. The van der Waals surface area contributed by atoms with Gasteiger partial charge in [-0.2, -0.15) is 0 Å². The van der Waals surface area contributed by atoms with Crippen LogP contribution in [0.3, 0.4) is 0 Å². The van der Waals surface area contributed by atoms with Crippen molar-refractivity contribution < 1.29 is 14.7 Å². The number of benzene rings is 1. The molecule has 0 saturated heterocycles. The number of aromatic carboxylic acids is 1. The smallest absolute Gasteiger partial charge is 0.337 e. The average Bonchev–Trinajstić information content (AvgIpc) is 2.41. The van der Waals surface area contributed by atoms with E-state index in [1.807, 2.05) is 19.1 Å². The molecule has 2 aromatic rings. The summed E-state index contributed by atoms with van der Waals surface area (Å²) in [5.41, 5.74) is 1.99. The van der Waals surface area contributed by atoms with Gasteiger partial charge >= 0.3 is 5.97 Å². The van der Waals surface area contributed by atoms with Gasteiger partial charge in [0.05, 0.1) is 5.56 Å². The molecule has 1 heterocycles. The van der Waals surface area contributed by atoms with Crippen molar-refractivity contribution in [3.8, 4) is 0 Å². The second-order valence-corrected chi connectivity index (χ2v) is 4.06. The molecule has 0 aliphatic carbocycles. The summed E-state index contributed by atoms with van der Waals surface area (Å²) in [6.45, 7) is 1.96. The molecule has 1 aromatic carbocycles. The Morgan fingerprint density at radius 2 is 1.79 bits per heavy atom. The molecule has 19 heavy (non-hydrogen) atoms. The first-order valence-corrected chi connectivity index (χ1v) is 5.63. The fourth-order valence-corrected chi connectivity index (χ4v) is 1.49. The lowest BCUT2D eigenvalue weighted by molar-refractivity contribution is 0.0696. The first-order chi connectivity index (χ1) is 9.06. The monoisotopic (exact) mass is 256 g/mol. The van der Waals surface area contributed by atoms with E-state index in [0.29, 0.717) is 5.69 Å². The molecule has 2 rings (SSSR count). The molecule has 0 saturated carbocycles. The Bertz CT molecular complexity index is 604. The molecule has 96 valence electrons. The van der Waals surface area contributed by atoms with Crippen LogP contribution in [-0.2, 0) is 0 Å². The first-order valence-electron chi connectivity index (χ1n) is 5.63. The number of hydrogen-bond acceptors (Lipinski definition) is 3.